The molecule has 0 saturated carbocycles. The Morgan fingerprint density at radius 3 is 0.847 bits per heavy atom. The van der Waals surface area contributed by atoms with Gasteiger partial charge in [-0.2, -0.15) is 0 Å². The van der Waals surface area contributed by atoms with Gasteiger partial charge in [-0.3, -0.25) is 47.9 Å². The van der Waals surface area contributed by atoms with Gasteiger partial charge in [0, 0.05) is 115 Å². The van der Waals surface area contributed by atoms with Crippen LogP contribution < -0.4 is 5.73 Å². The Balaban J connectivity index is 0.000000238. The number of fused-ring (bicyclic) bond motifs is 6. The van der Waals surface area contributed by atoms with Crippen molar-refractivity contribution in [1.29, 1.82) is 0 Å². The van der Waals surface area contributed by atoms with Crippen molar-refractivity contribution in [1.82, 2.24) is 19.6 Å². The minimum Gasteiger partial charge on any atom is -0.465 e. The van der Waals surface area contributed by atoms with Crippen molar-refractivity contribution >= 4 is 64.5 Å². The topological polar surface area (TPSA) is 245 Å². The molecule has 2 aliphatic rings. The monoisotopic (exact) mass is 1510 g/mol. The number of ether oxygens (including phenoxy) is 2. The van der Waals surface area contributed by atoms with Crippen LogP contribution in [0.25, 0.3) is 22.3 Å². The van der Waals surface area contributed by atoms with Crippen molar-refractivity contribution in [2.75, 3.05) is 72.1 Å². The number of esters is 2. The maximum absolute atomic E-state index is 12.9. The van der Waals surface area contributed by atoms with E-state index in [1.165, 1.54) is 44.5 Å². The highest BCUT2D eigenvalue weighted by molar-refractivity contribution is 5.89. The van der Waals surface area contributed by atoms with Crippen molar-refractivity contribution in [2.24, 2.45) is 5.73 Å². The second kappa shape index (κ2) is 50.5. The Morgan fingerprint density at radius 2 is 0.577 bits per heavy atom. The quantitative estimate of drug-likeness (QED) is 0.0349. The number of amides is 4. The molecule has 0 unspecified atom stereocenters. The predicted molar refractivity (Wildman–Crippen MR) is 437 cm³/mol. The van der Waals surface area contributed by atoms with E-state index in [2.05, 4.69) is 48.5 Å². The van der Waals surface area contributed by atoms with Gasteiger partial charge in [-0.15, -0.1) is 0 Å². The van der Waals surface area contributed by atoms with Gasteiger partial charge in [0.15, 0.2) is 23.1 Å². The first kappa shape index (κ1) is 89.6. The highest BCUT2D eigenvalue weighted by atomic mass is 16.5. The maximum atomic E-state index is 12.9. The van der Waals surface area contributed by atoms with Crippen LogP contribution in [0.3, 0.4) is 0 Å². The van der Waals surface area contributed by atoms with E-state index in [0.29, 0.717) is 142 Å². The van der Waals surface area contributed by atoms with E-state index in [4.69, 9.17) is 15.2 Å². The molecule has 18 nitrogen and oxygen atoms in total. The molecular weight excluding hydrogens is 1400 g/mol. The molecule has 0 bridgehead atoms. The zero-order valence-corrected chi connectivity index (χ0v) is 66.4. The van der Waals surface area contributed by atoms with Gasteiger partial charge in [0.2, 0.25) is 23.6 Å². The number of Topliss-reactive ketones (excluding diaryl/α,β-unsaturated/α-hetero) is 5. The first-order valence-electron chi connectivity index (χ1n) is 40.0. The number of hydrogen-bond acceptors (Lipinski definition) is 14. The van der Waals surface area contributed by atoms with Crippen LogP contribution in [-0.2, 0) is 81.5 Å². The number of rotatable bonds is 44. The van der Waals surface area contributed by atoms with Crippen LogP contribution in [0, 0.1) is 0 Å². The molecule has 18 heteroatoms. The molecule has 0 aliphatic heterocycles. The van der Waals surface area contributed by atoms with E-state index >= 15 is 0 Å². The van der Waals surface area contributed by atoms with E-state index in [1.54, 1.807) is 33.4 Å². The standard InChI is InChI=1S/C32H35NO4.C26H31NO4.C19H27NO3.C16H24N2O2/c1-2-11-25(34)22-33(31(35)20-19-24-12-4-3-5-13-24)21-10-18-32(36)37-23-30-28-16-8-6-14-26(28)27-15-7-9-17-29(27)30;1-3-10-19(28)17-27(25(29)4-2)16-9-15-26(30)31-18-24-22-13-7-5-11-20(22)21-12-6-8-14-23(21)24;1-3-8-18(22)15-20(14-7-9-16(2)21)19(23)13-12-17-10-5-4-6-11-17;1-2-6-15(19)13-18(12-11-17)16(20)10-9-14-7-4-3-5-8-14/h3-9,12-17,30H,2,10-11,18-23H2,1H3;5-8,11-14,24H,3-4,9-10,15-18H2,1-2H3;4-6,10-11H,3,7-9,12-15H2,1-2H3;3-5,7-8H,2,6,9-13,17H2,1H3. The van der Waals surface area contributed by atoms with Crippen LogP contribution in [-0.4, -0.2) is 156 Å². The largest absolute Gasteiger partial charge is 0.465 e. The highest BCUT2D eigenvalue weighted by Crippen LogP contribution is 2.46. The van der Waals surface area contributed by atoms with Crippen LogP contribution in [0.4, 0.5) is 0 Å². The van der Waals surface area contributed by atoms with E-state index in [9.17, 15) is 52.7 Å². The van der Waals surface area contributed by atoms with Gasteiger partial charge in [-0.1, -0.05) is 223 Å². The molecule has 9 rings (SSSR count). The molecule has 7 aromatic carbocycles. The fourth-order valence-electron chi connectivity index (χ4n) is 13.7. The summed E-state index contributed by atoms with van der Waals surface area (Å²) >= 11 is 0. The van der Waals surface area contributed by atoms with Crippen molar-refractivity contribution in [3.8, 4) is 22.3 Å². The third-order valence-electron chi connectivity index (χ3n) is 19.4. The molecule has 7 aromatic rings. The van der Waals surface area contributed by atoms with Gasteiger partial charge in [-0.25, -0.2) is 0 Å². The molecule has 0 aromatic heterocycles. The van der Waals surface area contributed by atoms with Crippen LogP contribution >= 0.6 is 0 Å². The summed E-state index contributed by atoms with van der Waals surface area (Å²) in [7, 11) is 0. The van der Waals surface area contributed by atoms with Crippen LogP contribution in [0.5, 0.6) is 0 Å². The number of carbonyl (C=O) groups is 11. The van der Waals surface area contributed by atoms with Gasteiger partial charge in [-0.05, 0) is 132 Å². The summed E-state index contributed by atoms with van der Waals surface area (Å²) in [6.07, 6.45) is 11.0. The summed E-state index contributed by atoms with van der Waals surface area (Å²) in [5, 5.41) is 0. The normalized spacial score (nSPS) is 11.4. The van der Waals surface area contributed by atoms with Gasteiger partial charge < -0.3 is 39.6 Å². The van der Waals surface area contributed by atoms with Gasteiger partial charge in [0.1, 0.15) is 19.0 Å². The Labute approximate surface area is 658 Å². The third kappa shape index (κ3) is 31.5. The molecule has 0 heterocycles. The van der Waals surface area contributed by atoms with Crippen LogP contribution in [0.15, 0.2) is 188 Å². The number of nitrogens with two attached hydrogens (primary N) is 1. The summed E-state index contributed by atoms with van der Waals surface area (Å²) in [5.74, 6) is -0.186. The lowest BCUT2D eigenvalue weighted by atomic mass is 9.98. The number of hydrogen-bond donors (Lipinski definition) is 1. The molecule has 0 radical (unpaired) electrons. The lowest BCUT2D eigenvalue weighted by Gasteiger charge is -2.22. The molecule has 0 fully saturated rings. The second-order valence-electron chi connectivity index (χ2n) is 28.3. The van der Waals surface area contributed by atoms with Crippen molar-refractivity contribution in [3.63, 3.8) is 0 Å². The summed E-state index contributed by atoms with van der Waals surface area (Å²) in [5.41, 5.74) is 18.4. The SMILES string of the molecule is CCCC(=O)CN(CCCC(=O)OCC1c2ccccc2-c2ccccc21)C(=O)CC.CCCC(=O)CN(CCCC(=O)OCC1c2ccccc2-c2ccccc21)C(=O)CCc1ccccc1.CCCC(=O)CN(CCCC(C)=O)C(=O)CCc1ccccc1.CCCC(=O)CN(CCN)C(=O)CCc1ccccc1. The van der Waals surface area contributed by atoms with Gasteiger partial charge in [0.05, 0.1) is 26.2 Å². The number of carbonyl (C=O) groups excluding carboxylic acids is 11. The Morgan fingerprint density at radius 1 is 0.315 bits per heavy atom. The van der Waals surface area contributed by atoms with E-state index < -0.39 is 0 Å². The number of nitrogens with zero attached hydrogens (tertiary/aromatic N) is 4. The second-order valence-corrected chi connectivity index (χ2v) is 28.3. The molecule has 111 heavy (non-hydrogen) atoms. The van der Waals surface area contributed by atoms with Crippen molar-refractivity contribution in [3.05, 3.63) is 227 Å². The van der Waals surface area contributed by atoms with Crippen molar-refractivity contribution < 1.29 is 62.2 Å². The predicted octanol–water partition coefficient (Wildman–Crippen LogP) is 15.6. The number of aryl methyl sites for hydroxylation is 3. The first-order chi connectivity index (χ1) is 53.8. The molecule has 2 aliphatic carbocycles. The molecule has 0 saturated heterocycles. The third-order valence-corrected chi connectivity index (χ3v) is 19.4. The molecule has 4 amide bonds. The van der Waals surface area contributed by atoms with E-state index in [1.807, 2.05) is 167 Å². The maximum Gasteiger partial charge on any atom is 0.305 e. The lowest BCUT2D eigenvalue weighted by Crippen LogP contribution is -2.39. The average Bonchev–Trinajstić information content (AvgIpc) is 1.62. The highest BCUT2D eigenvalue weighted by Gasteiger charge is 2.31. The number of benzene rings is 7. The molecular formula is C93H117N5O13. The minimum absolute atomic E-state index is 0.00348. The fraction of sp³-hybridized carbons (Fsp3) is 0.430. The molecule has 592 valence electrons. The molecule has 0 spiro atoms. The van der Waals surface area contributed by atoms with Gasteiger partial charge >= 0.3 is 11.9 Å². The lowest BCUT2D eigenvalue weighted by molar-refractivity contribution is -0.145. The molecule has 0 atom stereocenters. The van der Waals surface area contributed by atoms with E-state index in [0.717, 1.165) is 42.4 Å². The average molecular weight is 1510 g/mol. The zero-order valence-electron chi connectivity index (χ0n) is 66.4. The van der Waals surface area contributed by atoms with Crippen LogP contribution in [0.2, 0.25) is 0 Å². The summed E-state index contributed by atoms with van der Waals surface area (Å²) in [4.78, 5) is 140. The molecule has 2 N–H and O–H groups in total. The first-order valence-corrected chi connectivity index (χ1v) is 40.0. The fourth-order valence-corrected chi connectivity index (χ4v) is 13.7. The van der Waals surface area contributed by atoms with Crippen molar-refractivity contribution in [2.45, 2.75) is 188 Å². The summed E-state index contributed by atoms with van der Waals surface area (Å²) < 4.78 is 11.3. The Bertz CT molecular complexity index is 4000. The van der Waals surface area contributed by atoms with E-state index in [-0.39, 0.29) is 115 Å². The number of ketones is 5. The Hall–Kier alpha value is -10.3. The minimum atomic E-state index is -0.279. The smallest absolute Gasteiger partial charge is 0.305 e. The zero-order chi connectivity index (χ0) is 80.1. The summed E-state index contributed by atoms with van der Waals surface area (Å²) in [6.45, 7) is 14.4. The summed E-state index contributed by atoms with van der Waals surface area (Å²) in [6, 6.07) is 62.6. The van der Waals surface area contributed by atoms with Crippen LogP contribution in [0.1, 0.15) is 208 Å². The Kier molecular flexibility index (Phi) is 40.7. The van der Waals surface area contributed by atoms with Gasteiger partial charge in [0.25, 0.3) is 0 Å².